The molecule has 30 heavy (non-hydrogen) atoms. The van der Waals surface area contributed by atoms with E-state index in [1.165, 1.54) is 12.8 Å². The van der Waals surface area contributed by atoms with Crippen LogP contribution in [0.3, 0.4) is 0 Å². The maximum Gasteiger partial charge on any atom is 0.410 e. The first kappa shape index (κ1) is 20.7. The van der Waals surface area contributed by atoms with Crippen LogP contribution in [0.5, 0.6) is 0 Å². The Morgan fingerprint density at radius 1 is 1.17 bits per heavy atom. The zero-order chi connectivity index (χ0) is 21.3. The van der Waals surface area contributed by atoms with Crippen molar-refractivity contribution >= 4 is 28.8 Å². The van der Waals surface area contributed by atoms with Crippen LogP contribution < -0.4 is 10.2 Å². The van der Waals surface area contributed by atoms with Gasteiger partial charge in [-0.25, -0.2) is 14.8 Å². The molecule has 1 saturated carbocycles. The van der Waals surface area contributed by atoms with Crippen molar-refractivity contribution in [2.24, 2.45) is 0 Å². The molecule has 0 bridgehead atoms. The first-order valence-corrected chi connectivity index (χ1v) is 11.0. The number of carbonyl (C=O) groups is 1. The topological polar surface area (TPSA) is 70.6 Å². The molecule has 7 heteroatoms. The lowest BCUT2D eigenvalue weighted by atomic mass is 10.0. The molecule has 1 saturated heterocycles. The van der Waals surface area contributed by atoms with Gasteiger partial charge in [0.2, 0.25) is 0 Å². The summed E-state index contributed by atoms with van der Waals surface area (Å²) in [7, 11) is 2.04. The van der Waals surface area contributed by atoms with Gasteiger partial charge < -0.3 is 19.9 Å². The first-order chi connectivity index (χ1) is 14.3. The van der Waals surface area contributed by atoms with E-state index in [1.807, 2.05) is 57.0 Å². The average Bonchev–Trinajstić information content (AvgIpc) is 3.50. The highest BCUT2D eigenvalue weighted by Crippen LogP contribution is 2.31. The van der Waals surface area contributed by atoms with Crippen LogP contribution in [-0.2, 0) is 4.74 Å². The molecule has 1 aliphatic carbocycles. The molecule has 4 rings (SSSR count). The number of likely N-dealkylation sites (N-methyl/N-ethyl adjacent to an activating group) is 1. The molecule has 1 aromatic carbocycles. The van der Waals surface area contributed by atoms with E-state index in [1.54, 1.807) is 0 Å². The number of amides is 1. The summed E-state index contributed by atoms with van der Waals surface area (Å²) in [6, 6.07) is 8.55. The molecule has 2 aromatic rings. The normalized spacial score (nSPS) is 19.6. The monoisotopic (exact) mass is 411 g/mol. The summed E-state index contributed by atoms with van der Waals surface area (Å²) >= 11 is 0. The molecule has 1 atom stereocenters. The fraction of sp³-hybridized carbons (Fsp3) is 0.609. The molecule has 2 fully saturated rings. The lowest BCUT2D eigenvalue weighted by Gasteiger charge is -2.38. The summed E-state index contributed by atoms with van der Waals surface area (Å²) < 4.78 is 5.67. The second-order valence-corrected chi connectivity index (χ2v) is 9.51. The minimum atomic E-state index is -0.490. The molecule has 0 unspecified atom stereocenters. The molecule has 2 aliphatic rings. The van der Waals surface area contributed by atoms with Crippen molar-refractivity contribution in [3.05, 3.63) is 24.3 Å². The number of nitrogens with zero attached hydrogens (tertiary/aromatic N) is 4. The van der Waals surface area contributed by atoms with Crippen LogP contribution in [-0.4, -0.2) is 58.8 Å². The summed E-state index contributed by atoms with van der Waals surface area (Å²) in [5.74, 6) is 1.67. The van der Waals surface area contributed by atoms with Crippen molar-refractivity contribution in [3.8, 4) is 0 Å². The Hall–Kier alpha value is -2.57. The third-order valence-electron chi connectivity index (χ3n) is 5.57. The van der Waals surface area contributed by atoms with Crippen LogP contribution in [0, 0.1) is 0 Å². The predicted molar refractivity (Wildman–Crippen MR) is 120 cm³/mol. The number of para-hydroxylation sites is 2. The number of fused-ring (bicyclic) bond motifs is 1. The van der Waals surface area contributed by atoms with Gasteiger partial charge in [0.25, 0.3) is 0 Å². The van der Waals surface area contributed by atoms with Gasteiger partial charge in [0.1, 0.15) is 5.60 Å². The molecule has 162 valence electrons. The second kappa shape index (κ2) is 8.28. The number of benzene rings is 1. The van der Waals surface area contributed by atoms with Gasteiger partial charge in [0.05, 0.1) is 17.1 Å². The zero-order valence-corrected chi connectivity index (χ0v) is 18.5. The van der Waals surface area contributed by atoms with Gasteiger partial charge in [-0.3, -0.25) is 0 Å². The van der Waals surface area contributed by atoms with Gasteiger partial charge in [-0.05, 0) is 65.0 Å². The lowest BCUT2D eigenvalue weighted by molar-refractivity contribution is 0.0108. The number of aromatic nitrogens is 2. The standard InChI is InChI=1S/C23H33N5O2/c1-23(2,3)30-22(29)28-14-8-7-9-17(28)15-27(4)21-20(24-16-12-13-16)25-18-10-5-6-11-19(18)26-21/h5-6,10-11,16-17H,7-9,12-15H2,1-4H3,(H,24,25)/t17-/m1/s1. The van der Waals surface area contributed by atoms with E-state index in [9.17, 15) is 4.79 Å². The van der Waals surface area contributed by atoms with Gasteiger partial charge in [0.15, 0.2) is 11.6 Å². The van der Waals surface area contributed by atoms with Crippen LogP contribution in [0.2, 0.25) is 0 Å². The molecule has 1 aliphatic heterocycles. The second-order valence-electron chi connectivity index (χ2n) is 9.51. The predicted octanol–water partition coefficient (Wildman–Crippen LogP) is 4.43. The van der Waals surface area contributed by atoms with Crippen LogP contribution in [0.1, 0.15) is 52.9 Å². The van der Waals surface area contributed by atoms with Gasteiger partial charge in [0, 0.05) is 26.2 Å². The highest BCUT2D eigenvalue weighted by Gasteiger charge is 2.32. The summed E-state index contributed by atoms with van der Waals surface area (Å²) in [5.41, 5.74) is 1.29. The summed E-state index contributed by atoms with van der Waals surface area (Å²) in [5, 5.41) is 3.54. The van der Waals surface area contributed by atoms with Crippen molar-refractivity contribution in [1.82, 2.24) is 14.9 Å². The molecule has 1 N–H and O–H groups in total. The van der Waals surface area contributed by atoms with E-state index in [2.05, 4.69) is 10.2 Å². The van der Waals surface area contributed by atoms with Crippen LogP contribution in [0.15, 0.2) is 24.3 Å². The van der Waals surface area contributed by atoms with E-state index in [0.29, 0.717) is 12.6 Å². The smallest absolute Gasteiger partial charge is 0.410 e. The maximum absolute atomic E-state index is 12.8. The number of anilines is 2. The molecule has 1 aromatic heterocycles. The first-order valence-electron chi connectivity index (χ1n) is 11.0. The number of hydrogen-bond acceptors (Lipinski definition) is 6. The summed E-state index contributed by atoms with van der Waals surface area (Å²) in [4.78, 5) is 26.6. The van der Waals surface area contributed by atoms with Gasteiger partial charge in [-0.2, -0.15) is 0 Å². The van der Waals surface area contributed by atoms with Crippen LogP contribution in [0.25, 0.3) is 11.0 Å². The number of hydrogen-bond donors (Lipinski definition) is 1. The number of carbonyl (C=O) groups excluding carboxylic acids is 1. The van der Waals surface area contributed by atoms with Crippen molar-refractivity contribution < 1.29 is 9.53 Å². The Bertz CT molecular complexity index is 906. The lowest BCUT2D eigenvalue weighted by Crippen LogP contribution is -2.50. The van der Waals surface area contributed by atoms with E-state index in [4.69, 9.17) is 14.7 Å². The summed E-state index contributed by atoms with van der Waals surface area (Å²) in [6.07, 6.45) is 5.23. The van der Waals surface area contributed by atoms with Gasteiger partial charge >= 0.3 is 6.09 Å². The maximum atomic E-state index is 12.8. The Balaban J connectivity index is 1.56. The molecule has 0 radical (unpaired) electrons. The number of rotatable bonds is 5. The zero-order valence-electron chi connectivity index (χ0n) is 18.5. The van der Waals surface area contributed by atoms with Gasteiger partial charge in [-0.1, -0.05) is 12.1 Å². The Labute approximate surface area is 178 Å². The van der Waals surface area contributed by atoms with E-state index < -0.39 is 5.60 Å². The quantitative estimate of drug-likeness (QED) is 0.785. The largest absolute Gasteiger partial charge is 0.444 e. The fourth-order valence-corrected chi connectivity index (χ4v) is 3.93. The molecule has 7 nitrogen and oxygen atoms in total. The number of likely N-dealkylation sites (tertiary alicyclic amines) is 1. The molecule has 1 amide bonds. The third-order valence-corrected chi connectivity index (χ3v) is 5.57. The van der Waals surface area contributed by atoms with E-state index >= 15 is 0 Å². The van der Waals surface area contributed by atoms with E-state index in [0.717, 1.165) is 48.5 Å². The minimum absolute atomic E-state index is 0.0978. The SMILES string of the molecule is CN(C[C@H]1CCCCN1C(=O)OC(C)(C)C)c1nc2ccccc2nc1NC1CC1. The number of ether oxygens (including phenoxy) is 1. The highest BCUT2D eigenvalue weighted by molar-refractivity contribution is 5.80. The molecule has 0 spiro atoms. The van der Waals surface area contributed by atoms with Crippen LogP contribution >= 0.6 is 0 Å². The Morgan fingerprint density at radius 3 is 2.53 bits per heavy atom. The molecular formula is C23H33N5O2. The Kier molecular flexibility index (Phi) is 5.71. The van der Waals surface area contributed by atoms with Crippen molar-refractivity contribution in [1.29, 1.82) is 0 Å². The highest BCUT2D eigenvalue weighted by atomic mass is 16.6. The fourth-order valence-electron chi connectivity index (χ4n) is 3.93. The molecular weight excluding hydrogens is 378 g/mol. The number of piperidine rings is 1. The van der Waals surface area contributed by atoms with Crippen molar-refractivity contribution in [2.45, 2.75) is 70.6 Å². The van der Waals surface area contributed by atoms with Gasteiger partial charge in [-0.15, -0.1) is 0 Å². The average molecular weight is 412 g/mol. The van der Waals surface area contributed by atoms with Crippen LogP contribution in [0.4, 0.5) is 16.4 Å². The van der Waals surface area contributed by atoms with Crippen molar-refractivity contribution in [3.63, 3.8) is 0 Å². The third kappa shape index (κ3) is 4.94. The molecule has 2 heterocycles. The Morgan fingerprint density at radius 2 is 1.87 bits per heavy atom. The number of nitrogens with one attached hydrogen (secondary N) is 1. The van der Waals surface area contributed by atoms with Crippen molar-refractivity contribution in [2.75, 3.05) is 30.4 Å². The summed E-state index contributed by atoms with van der Waals surface area (Å²) in [6.45, 7) is 7.18. The van der Waals surface area contributed by atoms with E-state index in [-0.39, 0.29) is 12.1 Å². The minimum Gasteiger partial charge on any atom is -0.444 e.